The normalized spacial score (nSPS) is 29.2. The number of hydrogen-bond acceptors (Lipinski definition) is 3. The monoisotopic (exact) mass is 283 g/mol. The van der Waals surface area contributed by atoms with Crippen molar-refractivity contribution in [2.45, 2.75) is 44.7 Å². The first kappa shape index (κ1) is 14.6. The summed E-state index contributed by atoms with van der Waals surface area (Å²) in [7, 11) is 0. The first-order valence-corrected chi connectivity index (χ1v) is 6.82. The fourth-order valence-electron chi connectivity index (χ4n) is 2.87. The van der Waals surface area contributed by atoms with Gasteiger partial charge in [-0.15, -0.1) is 0 Å². The zero-order valence-corrected chi connectivity index (χ0v) is 12.1. The Hall–Kier alpha value is -1.79. The van der Waals surface area contributed by atoms with Gasteiger partial charge in [0.2, 0.25) is 5.91 Å². The van der Waals surface area contributed by atoms with Crippen molar-refractivity contribution in [1.29, 1.82) is 0 Å². The number of nitrogens with one attached hydrogen (secondary N) is 1. The van der Waals surface area contributed by atoms with Gasteiger partial charge in [0.1, 0.15) is 11.1 Å². The van der Waals surface area contributed by atoms with E-state index in [1.54, 1.807) is 20.8 Å². The predicted molar refractivity (Wildman–Crippen MR) is 71.2 cm³/mol. The molecule has 0 aromatic carbocycles. The number of carboxylic acids is 1. The highest BCUT2D eigenvalue weighted by Crippen LogP contribution is 2.32. The molecule has 2 fully saturated rings. The lowest BCUT2D eigenvalue weighted by Crippen LogP contribution is -2.67. The summed E-state index contributed by atoms with van der Waals surface area (Å²) >= 11 is 0. The molecule has 3 amide bonds. The Morgan fingerprint density at radius 2 is 1.85 bits per heavy atom. The fourth-order valence-corrected chi connectivity index (χ4v) is 2.87. The van der Waals surface area contributed by atoms with Gasteiger partial charge in [-0.2, -0.15) is 0 Å². The zero-order chi connectivity index (χ0) is 15.1. The van der Waals surface area contributed by atoms with Crippen molar-refractivity contribution in [3.63, 3.8) is 0 Å². The molecule has 2 aliphatic heterocycles. The summed E-state index contributed by atoms with van der Waals surface area (Å²) in [5, 5.41) is 12.1. The molecule has 1 unspecified atom stereocenters. The van der Waals surface area contributed by atoms with E-state index in [1.807, 2.05) is 0 Å². The third-order valence-electron chi connectivity index (χ3n) is 4.42. The number of hydrogen-bond donors (Lipinski definition) is 2. The van der Waals surface area contributed by atoms with Crippen LogP contribution >= 0.6 is 0 Å². The Kier molecular flexibility index (Phi) is 3.39. The Bertz CT molecular complexity index is 459. The molecule has 1 atom stereocenters. The number of amides is 3. The van der Waals surface area contributed by atoms with Crippen LogP contribution in [0.5, 0.6) is 0 Å². The molecule has 0 aliphatic carbocycles. The molecule has 2 saturated heterocycles. The van der Waals surface area contributed by atoms with Gasteiger partial charge in [-0.3, -0.25) is 4.79 Å². The number of carbonyl (C=O) groups is 3. The average molecular weight is 283 g/mol. The van der Waals surface area contributed by atoms with Gasteiger partial charge in [-0.05, 0) is 33.6 Å². The van der Waals surface area contributed by atoms with Crippen LogP contribution in [0, 0.1) is 0 Å². The number of piperazine rings is 1. The highest BCUT2D eigenvalue weighted by Gasteiger charge is 2.50. The number of likely N-dealkylation sites (tertiary alicyclic amines) is 1. The number of rotatable bonds is 1. The van der Waals surface area contributed by atoms with Gasteiger partial charge < -0.3 is 20.2 Å². The second-order valence-electron chi connectivity index (χ2n) is 6.08. The zero-order valence-electron chi connectivity index (χ0n) is 12.1. The van der Waals surface area contributed by atoms with E-state index in [0.29, 0.717) is 32.5 Å². The molecule has 0 aromatic heterocycles. The largest absolute Gasteiger partial charge is 0.480 e. The molecule has 2 aliphatic rings. The van der Waals surface area contributed by atoms with E-state index in [-0.39, 0.29) is 11.9 Å². The maximum atomic E-state index is 12.7. The molecule has 0 bridgehead atoms. The number of carboxylic acid groups (broad SMARTS) is 1. The van der Waals surface area contributed by atoms with Crippen molar-refractivity contribution >= 4 is 17.9 Å². The molecule has 7 nitrogen and oxygen atoms in total. The second-order valence-corrected chi connectivity index (χ2v) is 6.08. The van der Waals surface area contributed by atoms with Crippen LogP contribution in [-0.2, 0) is 9.59 Å². The summed E-state index contributed by atoms with van der Waals surface area (Å²) in [4.78, 5) is 38.9. The summed E-state index contributed by atoms with van der Waals surface area (Å²) in [5.41, 5.74) is -2.14. The van der Waals surface area contributed by atoms with E-state index >= 15 is 0 Å². The second kappa shape index (κ2) is 4.64. The molecule has 0 radical (unpaired) electrons. The van der Waals surface area contributed by atoms with Crippen molar-refractivity contribution in [3.05, 3.63) is 0 Å². The first-order valence-electron chi connectivity index (χ1n) is 6.82. The van der Waals surface area contributed by atoms with Gasteiger partial charge in [0.25, 0.3) is 0 Å². The SMILES string of the molecule is CC1(C)C(=O)NCCN1C(=O)N1CCCC1(C)C(=O)O. The first-order chi connectivity index (χ1) is 9.21. The Morgan fingerprint density at radius 3 is 2.45 bits per heavy atom. The highest BCUT2D eigenvalue weighted by atomic mass is 16.4. The van der Waals surface area contributed by atoms with E-state index in [4.69, 9.17) is 0 Å². The van der Waals surface area contributed by atoms with Crippen molar-refractivity contribution in [3.8, 4) is 0 Å². The van der Waals surface area contributed by atoms with Crippen LogP contribution in [0.4, 0.5) is 4.79 Å². The smallest absolute Gasteiger partial charge is 0.329 e. The van der Waals surface area contributed by atoms with Crippen molar-refractivity contribution in [2.24, 2.45) is 0 Å². The van der Waals surface area contributed by atoms with Gasteiger partial charge in [0, 0.05) is 19.6 Å². The third-order valence-corrected chi connectivity index (χ3v) is 4.42. The summed E-state index contributed by atoms with van der Waals surface area (Å²) in [6.07, 6.45) is 1.10. The van der Waals surface area contributed by atoms with Crippen LogP contribution in [0.3, 0.4) is 0 Å². The topological polar surface area (TPSA) is 90.0 Å². The van der Waals surface area contributed by atoms with E-state index in [9.17, 15) is 19.5 Å². The fraction of sp³-hybridized carbons (Fsp3) is 0.769. The molecule has 0 aromatic rings. The number of carbonyl (C=O) groups excluding carboxylic acids is 2. The number of nitrogens with zero attached hydrogens (tertiary/aromatic N) is 2. The van der Waals surface area contributed by atoms with E-state index in [0.717, 1.165) is 0 Å². The van der Waals surface area contributed by atoms with E-state index in [2.05, 4.69) is 5.32 Å². The third kappa shape index (κ3) is 2.01. The van der Waals surface area contributed by atoms with Crippen LogP contribution in [-0.4, -0.2) is 63.5 Å². The summed E-state index contributed by atoms with van der Waals surface area (Å²) < 4.78 is 0. The number of aliphatic carboxylic acids is 1. The minimum Gasteiger partial charge on any atom is -0.480 e. The average Bonchev–Trinajstić information content (AvgIpc) is 2.75. The van der Waals surface area contributed by atoms with Crippen LogP contribution in [0.15, 0.2) is 0 Å². The minimum absolute atomic E-state index is 0.215. The van der Waals surface area contributed by atoms with Gasteiger partial charge in [-0.25, -0.2) is 9.59 Å². The van der Waals surface area contributed by atoms with E-state index in [1.165, 1.54) is 9.80 Å². The van der Waals surface area contributed by atoms with Gasteiger partial charge in [0.15, 0.2) is 0 Å². The maximum Gasteiger partial charge on any atom is 0.329 e. The lowest BCUT2D eigenvalue weighted by molar-refractivity contribution is -0.147. The maximum absolute atomic E-state index is 12.7. The van der Waals surface area contributed by atoms with Gasteiger partial charge in [-0.1, -0.05) is 0 Å². The highest BCUT2D eigenvalue weighted by molar-refractivity contribution is 5.93. The number of urea groups is 1. The molecular weight excluding hydrogens is 262 g/mol. The molecule has 2 N–H and O–H groups in total. The van der Waals surface area contributed by atoms with Crippen LogP contribution in [0.2, 0.25) is 0 Å². The van der Waals surface area contributed by atoms with Crippen molar-refractivity contribution < 1.29 is 19.5 Å². The predicted octanol–water partition coefficient (Wildman–Crippen LogP) is 0.256. The Morgan fingerprint density at radius 1 is 1.20 bits per heavy atom. The standard InChI is InChI=1S/C13H21N3O4/c1-12(2)9(17)14-6-8-15(12)11(20)16-7-4-5-13(16,3)10(18)19/h4-8H2,1-3H3,(H,14,17)(H,18,19). The summed E-state index contributed by atoms with van der Waals surface area (Å²) in [5.74, 6) is -1.21. The summed E-state index contributed by atoms with van der Waals surface area (Å²) in [6.45, 7) is 6.11. The quantitative estimate of drug-likeness (QED) is 0.722. The minimum atomic E-state index is -1.18. The van der Waals surface area contributed by atoms with Crippen LogP contribution < -0.4 is 5.32 Å². The molecular formula is C13H21N3O4. The molecule has 2 rings (SSSR count). The van der Waals surface area contributed by atoms with Gasteiger partial charge >= 0.3 is 12.0 Å². The van der Waals surface area contributed by atoms with Crippen molar-refractivity contribution in [2.75, 3.05) is 19.6 Å². The van der Waals surface area contributed by atoms with Gasteiger partial charge in [0.05, 0.1) is 0 Å². The molecule has 112 valence electrons. The molecule has 2 heterocycles. The Balaban J connectivity index is 2.27. The molecule has 0 spiro atoms. The summed E-state index contributed by atoms with van der Waals surface area (Å²) in [6, 6.07) is -0.368. The molecule has 0 saturated carbocycles. The van der Waals surface area contributed by atoms with E-state index < -0.39 is 17.0 Å². The lowest BCUT2D eigenvalue weighted by atomic mass is 9.97. The van der Waals surface area contributed by atoms with Crippen LogP contribution in [0.1, 0.15) is 33.6 Å². The van der Waals surface area contributed by atoms with Crippen LogP contribution in [0.25, 0.3) is 0 Å². The Labute approximate surface area is 117 Å². The van der Waals surface area contributed by atoms with Crippen molar-refractivity contribution in [1.82, 2.24) is 15.1 Å². The molecule has 20 heavy (non-hydrogen) atoms. The lowest BCUT2D eigenvalue weighted by Gasteiger charge is -2.45. The molecule has 7 heteroatoms.